The summed E-state index contributed by atoms with van der Waals surface area (Å²) in [6.07, 6.45) is 0. The van der Waals surface area contributed by atoms with Crippen LogP contribution in [0.3, 0.4) is 0 Å². The standard InChI is InChI=1S/C25H22N2O4S/c1-16-8-10-17(11-9-16)27-24(29)19-6-4-5-7-21(19)26-25(27)32-15-22(28)20-14-18(30-2)12-13-23(20)31-3/h4-14H,15H2,1-3H3. The van der Waals surface area contributed by atoms with Gasteiger partial charge in [0.25, 0.3) is 5.56 Å². The third-order valence-corrected chi connectivity index (χ3v) is 6.02. The predicted octanol–water partition coefficient (Wildman–Crippen LogP) is 4.69. The van der Waals surface area contributed by atoms with Crippen molar-refractivity contribution in [2.24, 2.45) is 0 Å². The molecule has 0 fully saturated rings. The maximum absolute atomic E-state index is 13.3. The Hall–Kier alpha value is -3.58. The molecule has 0 amide bonds. The number of Topliss-reactive ketones (excluding diaryl/α,β-unsaturated/α-hetero) is 1. The van der Waals surface area contributed by atoms with Crippen molar-refractivity contribution in [3.63, 3.8) is 0 Å². The number of carbonyl (C=O) groups is 1. The molecule has 0 bridgehead atoms. The van der Waals surface area contributed by atoms with Crippen molar-refractivity contribution in [1.82, 2.24) is 9.55 Å². The van der Waals surface area contributed by atoms with Crippen LogP contribution in [0.15, 0.2) is 76.7 Å². The minimum absolute atomic E-state index is 0.0835. The molecule has 4 aromatic rings. The fourth-order valence-electron chi connectivity index (χ4n) is 3.37. The largest absolute Gasteiger partial charge is 0.497 e. The maximum Gasteiger partial charge on any atom is 0.266 e. The van der Waals surface area contributed by atoms with Crippen LogP contribution in [0.2, 0.25) is 0 Å². The Kier molecular flexibility index (Phi) is 6.28. The molecular weight excluding hydrogens is 424 g/mol. The predicted molar refractivity (Wildman–Crippen MR) is 127 cm³/mol. The molecule has 1 heterocycles. The van der Waals surface area contributed by atoms with Crippen molar-refractivity contribution in [3.05, 3.63) is 88.2 Å². The summed E-state index contributed by atoms with van der Waals surface area (Å²) in [6, 6.07) is 20.0. The molecule has 32 heavy (non-hydrogen) atoms. The summed E-state index contributed by atoms with van der Waals surface area (Å²) in [4.78, 5) is 31.1. The second kappa shape index (κ2) is 9.28. The Morgan fingerprint density at radius 1 is 1.00 bits per heavy atom. The SMILES string of the molecule is COc1ccc(OC)c(C(=O)CSc2nc3ccccc3c(=O)n2-c2ccc(C)cc2)c1. The third kappa shape index (κ3) is 4.24. The van der Waals surface area contributed by atoms with E-state index < -0.39 is 0 Å². The Balaban J connectivity index is 1.74. The molecule has 0 aliphatic carbocycles. The molecule has 3 aromatic carbocycles. The number of rotatable bonds is 7. The molecule has 6 nitrogen and oxygen atoms in total. The van der Waals surface area contributed by atoms with Crippen LogP contribution in [-0.2, 0) is 0 Å². The monoisotopic (exact) mass is 446 g/mol. The van der Waals surface area contributed by atoms with Gasteiger partial charge in [0.2, 0.25) is 0 Å². The van der Waals surface area contributed by atoms with Crippen molar-refractivity contribution in [2.75, 3.05) is 20.0 Å². The average molecular weight is 447 g/mol. The average Bonchev–Trinajstić information content (AvgIpc) is 2.83. The van der Waals surface area contributed by atoms with E-state index in [4.69, 9.17) is 14.5 Å². The van der Waals surface area contributed by atoms with E-state index in [1.807, 2.05) is 43.3 Å². The van der Waals surface area contributed by atoms with Crippen LogP contribution in [0.5, 0.6) is 11.5 Å². The number of fused-ring (bicyclic) bond motifs is 1. The molecule has 0 atom stereocenters. The Morgan fingerprint density at radius 3 is 2.47 bits per heavy atom. The summed E-state index contributed by atoms with van der Waals surface area (Å²) in [5.74, 6) is 0.974. The van der Waals surface area contributed by atoms with E-state index in [0.717, 1.165) is 5.56 Å². The highest BCUT2D eigenvalue weighted by atomic mass is 32.2. The number of para-hydroxylation sites is 1. The minimum Gasteiger partial charge on any atom is -0.497 e. The Morgan fingerprint density at radius 2 is 1.75 bits per heavy atom. The quantitative estimate of drug-likeness (QED) is 0.233. The number of hydrogen-bond acceptors (Lipinski definition) is 6. The number of carbonyl (C=O) groups excluding carboxylic acids is 1. The van der Waals surface area contributed by atoms with Crippen molar-refractivity contribution in [1.29, 1.82) is 0 Å². The van der Waals surface area contributed by atoms with Gasteiger partial charge in [0.15, 0.2) is 10.9 Å². The second-order valence-corrected chi connectivity index (χ2v) is 8.11. The van der Waals surface area contributed by atoms with Gasteiger partial charge < -0.3 is 9.47 Å². The molecule has 0 unspecified atom stereocenters. The topological polar surface area (TPSA) is 70.4 Å². The summed E-state index contributed by atoms with van der Waals surface area (Å²) in [5, 5.41) is 0.978. The van der Waals surface area contributed by atoms with Gasteiger partial charge in [-0.3, -0.25) is 14.2 Å². The number of aromatic nitrogens is 2. The van der Waals surface area contributed by atoms with Crippen molar-refractivity contribution < 1.29 is 14.3 Å². The molecule has 162 valence electrons. The van der Waals surface area contributed by atoms with Crippen LogP contribution in [0.1, 0.15) is 15.9 Å². The molecule has 0 aliphatic heterocycles. The highest BCUT2D eigenvalue weighted by Gasteiger charge is 2.18. The summed E-state index contributed by atoms with van der Waals surface area (Å²) >= 11 is 1.22. The molecule has 4 rings (SSSR count). The molecule has 0 saturated heterocycles. The highest BCUT2D eigenvalue weighted by molar-refractivity contribution is 7.99. The molecule has 1 aromatic heterocycles. The van der Waals surface area contributed by atoms with E-state index in [0.29, 0.717) is 38.8 Å². The fraction of sp³-hybridized carbons (Fsp3) is 0.160. The van der Waals surface area contributed by atoms with Gasteiger partial charge in [-0.15, -0.1) is 0 Å². The summed E-state index contributed by atoms with van der Waals surface area (Å²) in [7, 11) is 3.07. The van der Waals surface area contributed by atoms with Crippen LogP contribution < -0.4 is 15.0 Å². The first-order valence-corrected chi connectivity index (χ1v) is 11.0. The normalized spacial score (nSPS) is 10.8. The zero-order valence-electron chi connectivity index (χ0n) is 18.0. The van der Waals surface area contributed by atoms with E-state index in [-0.39, 0.29) is 17.1 Å². The number of aryl methyl sites for hydroxylation is 1. The van der Waals surface area contributed by atoms with Crippen molar-refractivity contribution in [2.45, 2.75) is 12.1 Å². The molecule has 7 heteroatoms. The van der Waals surface area contributed by atoms with Gasteiger partial charge in [0.05, 0.1) is 42.1 Å². The third-order valence-electron chi connectivity index (χ3n) is 5.08. The van der Waals surface area contributed by atoms with E-state index in [1.165, 1.54) is 18.9 Å². The van der Waals surface area contributed by atoms with E-state index >= 15 is 0 Å². The molecular formula is C25H22N2O4S. The molecule has 0 spiro atoms. The van der Waals surface area contributed by atoms with Gasteiger partial charge in [-0.05, 0) is 49.4 Å². The Bertz CT molecular complexity index is 1350. The molecule has 0 saturated carbocycles. The van der Waals surface area contributed by atoms with Crippen LogP contribution in [0.4, 0.5) is 0 Å². The first-order chi connectivity index (χ1) is 15.5. The first kappa shape index (κ1) is 21.6. The van der Waals surface area contributed by atoms with Gasteiger partial charge >= 0.3 is 0 Å². The number of ketones is 1. The lowest BCUT2D eigenvalue weighted by atomic mass is 10.1. The molecule has 0 aliphatic rings. The zero-order valence-corrected chi connectivity index (χ0v) is 18.8. The number of thioether (sulfide) groups is 1. The summed E-state index contributed by atoms with van der Waals surface area (Å²) < 4.78 is 12.1. The summed E-state index contributed by atoms with van der Waals surface area (Å²) in [6.45, 7) is 1.99. The van der Waals surface area contributed by atoms with Crippen molar-refractivity contribution in [3.8, 4) is 17.2 Å². The Labute approximate surface area is 189 Å². The van der Waals surface area contributed by atoms with Gasteiger partial charge in [0.1, 0.15) is 11.5 Å². The molecule has 0 radical (unpaired) electrons. The lowest BCUT2D eigenvalue weighted by Crippen LogP contribution is -2.22. The van der Waals surface area contributed by atoms with E-state index in [1.54, 1.807) is 42.0 Å². The number of nitrogens with zero attached hydrogens (tertiary/aromatic N) is 2. The van der Waals surface area contributed by atoms with Gasteiger partial charge in [-0.1, -0.05) is 41.6 Å². The molecule has 0 N–H and O–H groups in total. The number of hydrogen-bond donors (Lipinski definition) is 0. The summed E-state index contributed by atoms with van der Waals surface area (Å²) in [5.41, 5.74) is 2.63. The van der Waals surface area contributed by atoms with Gasteiger partial charge in [0, 0.05) is 0 Å². The van der Waals surface area contributed by atoms with Crippen LogP contribution in [0.25, 0.3) is 16.6 Å². The zero-order chi connectivity index (χ0) is 22.7. The minimum atomic E-state index is -0.173. The maximum atomic E-state index is 13.3. The van der Waals surface area contributed by atoms with Crippen LogP contribution >= 0.6 is 11.8 Å². The first-order valence-electron chi connectivity index (χ1n) is 9.98. The number of benzene rings is 3. The lowest BCUT2D eigenvalue weighted by molar-refractivity contribution is 0.101. The van der Waals surface area contributed by atoms with Crippen LogP contribution in [-0.4, -0.2) is 35.3 Å². The van der Waals surface area contributed by atoms with Gasteiger partial charge in [-0.2, -0.15) is 0 Å². The highest BCUT2D eigenvalue weighted by Crippen LogP contribution is 2.27. The van der Waals surface area contributed by atoms with Crippen LogP contribution in [0, 0.1) is 6.92 Å². The van der Waals surface area contributed by atoms with Gasteiger partial charge in [-0.25, -0.2) is 4.98 Å². The fourth-order valence-corrected chi connectivity index (χ4v) is 4.27. The second-order valence-electron chi connectivity index (χ2n) is 7.17. The number of ether oxygens (including phenoxy) is 2. The lowest BCUT2D eigenvalue weighted by Gasteiger charge is -2.14. The van der Waals surface area contributed by atoms with E-state index in [2.05, 4.69) is 0 Å². The van der Waals surface area contributed by atoms with E-state index in [9.17, 15) is 9.59 Å². The smallest absolute Gasteiger partial charge is 0.266 e. The number of methoxy groups -OCH3 is 2. The van der Waals surface area contributed by atoms with Crippen molar-refractivity contribution >= 4 is 28.4 Å².